The zero-order valence-corrected chi connectivity index (χ0v) is 30.1. The van der Waals surface area contributed by atoms with E-state index < -0.39 is 29.8 Å². The van der Waals surface area contributed by atoms with Crippen LogP contribution in [0.25, 0.3) is 10.9 Å². The first-order chi connectivity index (χ1) is 22.2. The summed E-state index contributed by atoms with van der Waals surface area (Å²) in [5, 5.41) is 19.5. The molecule has 2 heterocycles. The third-order valence-electron chi connectivity index (χ3n) is 10.6. The van der Waals surface area contributed by atoms with Gasteiger partial charge in [0, 0.05) is 50.6 Å². The van der Waals surface area contributed by atoms with Crippen molar-refractivity contribution in [3.05, 3.63) is 36.0 Å². The van der Waals surface area contributed by atoms with E-state index in [0.717, 1.165) is 56.2 Å². The Labute approximate surface area is 282 Å². The van der Waals surface area contributed by atoms with Gasteiger partial charge in [0.25, 0.3) is 0 Å². The summed E-state index contributed by atoms with van der Waals surface area (Å²) in [5.41, 5.74) is 1.80. The molecule has 2 amide bonds. The van der Waals surface area contributed by atoms with Gasteiger partial charge in [0.2, 0.25) is 5.91 Å². The van der Waals surface area contributed by atoms with Crippen molar-refractivity contribution in [3.8, 4) is 0 Å². The molecule has 1 spiro atoms. The summed E-state index contributed by atoms with van der Waals surface area (Å²) in [7, 11) is 1.73. The maximum Gasteiger partial charge on any atom is 0.407 e. The highest BCUT2D eigenvalue weighted by Crippen LogP contribution is 2.53. The van der Waals surface area contributed by atoms with Crippen LogP contribution >= 0.6 is 0 Å². The maximum absolute atomic E-state index is 13.7. The van der Waals surface area contributed by atoms with E-state index in [2.05, 4.69) is 53.7 Å². The number of rotatable bonds is 16. The molecule has 6 atom stereocenters. The van der Waals surface area contributed by atoms with Crippen LogP contribution in [0.1, 0.15) is 105 Å². The van der Waals surface area contributed by atoms with Crippen LogP contribution in [0.15, 0.2) is 30.5 Å². The number of carbonyl (C=O) groups excluding carboxylic acids is 2. The monoisotopic (exact) mass is 655 g/mol. The van der Waals surface area contributed by atoms with E-state index in [1.165, 1.54) is 5.56 Å². The number of amides is 2. The Morgan fingerprint density at radius 3 is 2.45 bits per heavy atom. The maximum atomic E-state index is 13.7. The van der Waals surface area contributed by atoms with Crippen LogP contribution in [0.5, 0.6) is 0 Å². The predicted octanol–water partition coefficient (Wildman–Crippen LogP) is 6.94. The van der Waals surface area contributed by atoms with Crippen LogP contribution < -0.4 is 10.6 Å². The Bertz CT molecular complexity index is 1290. The Morgan fingerprint density at radius 1 is 1.09 bits per heavy atom. The largest absolute Gasteiger partial charge is 0.444 e. The van der Waals surface area contributed by atoms with E-state index in [1.807, 2.05) is 40.8 Å². The summed E-state index contributed by atoms with van der Waals surface area (Å²) < 4.78 is 16.7. The highest BCUT2D eigenvalue weighted by atomic mass is 16.6. The summed E-state index contributed by atoms with van der Waals surface area (Å²) in [6.07, 6.45) is 6.00. The van der Waals surface area contributed by atoms with E-state index in [0.29, 0.717) is 13.0 Å². The first-order valence-electron chi connectivity index (χ1n) is 17.8. The lowest BCUT2D eigenvalue weighted by Gasteiger charge is -2.37. The number of fused-ring (bicyclic) bond motifs is 1. The van der Waals surface area contributed by atoms with E-state index in [9.17, 15) is 14.7 Å². The number of benzene rings is 1. The molecule has 5 unspecified atom stereocenters. The van der Waals surface area contributed by atoms with Gasteiger partial charge in [-0.3, -0.25) is 4.79 Å². The molecule has 4 N–H and O–H groups in total. The van der Waals surface area contributed by atoms with Gasteiger partial charge in [0.05, 0.1) is 12.1 Å². The summed E-state index contributed by atoms with van der Waals surface area (Å²) in [6.45, 7) is 16.1. The molecular formula is C38H61N3O6. The Morgan fingerprint density at radius 2 is 1.81 bits per heavy atom. The van der Waals surface area contributed by atoms with Gasteiger partial charge >= 0.3 is 6.09 Å². The Balaban J connectivity index is 1.57. The van der Waals surface area contributed by atoms with Crippen molar-refractivity contribution in [3.63, 3.8) is 0 Å². The molecule has 0 radical (unpaired) electrons. The van der Waals surface area contributed by atoms with Crippen LogP contribution in [0.3, 0.4) is 0 Å². The van der Waals surface area contributed by atoms with Crippen molar-refractivity contribution in [2.24, 2.45) is 29.1 Å². The number of aliphatic hydroxyl groups excluding tert-OH is 1. The second-order valence-electron chi connectivity index (χ2n) is 15.9. The van der Waals surface area contributed by atoms with Gasteiger partial charge in [0.1, 0.15) is 5.60 Å². The number of carbonyl (C=O) groups is 2. The summed E-state index contributed by atoms with van der Waals surface area (Å²) in [4.78, 5) is 30.3. The molecule has 4 rings (SSSR count). The zero-order valence-electron chi connectivity index (χ0n) is 30.1. The highest BCUT2D eigenvalue weighted by Gasteiger charge is 2.55. The molecule has 1 saturated heterocycles. The number of hydrogen-bond donors (Lipinski definition) is 4. The Hall–Kier alpha value is -2.62. The van der Waals surface area contributed by atoms with Crippen molar-refractivity contribution >= 4 is 22.9 Å². The van der Waals surface area contributed by atoms with Crippen molar-refractivity contribution in [2.75, 3.05) is 26.9 Å². The number of aliphatic hydroxyl groups is 1. The van der Waals surface area contributed by atoms with Gasteiger partial charge < -0.3 is 34.9 Å². The summed E-state index contributed by atoms with van der Waals surface area (Å²) >= 11 is 0. The number of ether oxygens (including phenoxy) is 3. The summed E-state index contributed by atoms with van der Waals surface area (Å²) in [6, 6.07) is 8.24. The lowest BCUT2D eigenvalue weighted by Crippen LogP contribution is -2.49. The van der Waals surface area contributed by atoms with Gasteiger partial charge in [-0.2, -0.15) is 0 Å². The molecule has 2 aliphatic rings. The average Bonchev–Trinajstić information content (AvgIpc) is 3.40. The normalized spacial score (nSPS) is 21.0. The molecule has 2 fully saturated rings. The minimum Gasteiger partial charge on any atom is -0.444 e. The quantitative estimate of drug-likeness (QED) is 0.145. The SMILES string of the molecule is COCCCC(c1ccc2cc[nH]c2c1)C(CC(NC(=O)OC(C)(C)C)C(O)CC(C(=O)N[C@@H]1CC12CCOCC2)C(C)C)C(C)C. The number of H-pyrrole nitrogens is 1. The second kappa shape index (κ2) is 16.2. The molecular weight excluding hydrogens is 594 g/mol. The van der Waals surface area contributed by atoms with Crippen molar-refractivity contribution < 1.29 is 28.9 Å². The van der Waals surface area contributed by atoms with Crippen LogP contribution in [0.2, 0.25) is 0 Å². The third kappa shape index (κ3) is 10.2. The molecule has 47 heavy (non-hydrogen) atoms. The zero-order chi connectivity index (χ0) is 34.4. The number of alkyl carbamates (subject to hydrolysis) is 1. The van der Waals surface area contributed by atoms with Crippen LogP contribution in [-0.2, 0) is 19.0 Å². The van der Waals surface area contributed by atoms with Gasteiger partial charge in [-0.25, -0.2) is 4.79 Å². The van der Waals surface area contributed by atoms with Crippen molar-refractivity contribution in [1.82, 2.24) is 15.6 Å². The van der Waals surface area contributed by atoms with Gasteiger partial charge in [-0.1, -0.05) is 39.8 Å². The average molecular weight is 656 g/mol. The smallest absolute Gasteiger partial charge is 0.407 e. The molecule has 264 valence electrons. The van der Waals surface area contributed by atoms with E-state index in [1.54, 1.807) is 7.11 Å². The fourth-order valence-electron chi connectivity index (χ4n) is 7.60. The fraction of sp³-hybridized carbons (Fsp3) is 0.737. The molecule has 1 aliphatic carbocycles. The van der Waals surface area contributed by atoms with Crippen LogP contribution in [-0.4, -0.2) is 72.8 Å². The fourth-order valence-corrected chi connectivity index (χ4v) is 7.60. The molecule has 1 aromatic heterocycles. The number of methoxy groups -OCH3 is 1. The molecule has 1 aliphatic heterocycles. The number of aromatic amines is 1. The van der Waals surface area contributed by atoms with Gasteiger partial charge in [0.15, 0.2) is 0 Å². The van der Waals surface area contributed by atoms with Crippen LogP contribution in [0, 0.1) is 29.1 Å². The summed E-state index contributed by atoms with van der Waals surface area (Å²) in [5.74, 6) is 0.164. The predicted molar refractivity (Wildman–Crippen MR) is 186 cm³/mol. The molecule has 0 bridgehead atoms. The number of nitrogens with one attached hydrogen (secondary N) is 3. The third-order valence-corrected chi connectivity index (χ3v) is 10.6. The van der Waals surface area contributed by atoms with Crippen molar-refractivity contribution in [1.29, 1.82) is 0 Å². The van der Waals surface area contributed by atoms with E-state index in [4.69, 9.17) is 14.2 Å². The minimum absolute atomic E-state index is 0.0134. The Kier molecular flexibility index (Phi) is 12.8. The van der Waals surface area contributed by atoms with Gasteiger partial charge in [-0.15, -0.1) is 0 Å². The van der Waals surface area contributed by atoms with Crippen molar-refractivity contribution in [2.45, 2.75) is 123 Å². The lowest BCUT2D eigenvalue weighted by molar-refractivity contribution is -0.128. The highest BCUT2D eigenvalue weighted by molar-refractivity contribution is 5.80. The molecule has 2 aromatic rings. The number of aromatic nitrogens is 1. The lowest BCUT2D eigenvalue weighted by atomic mass is 9.72. The minimum atomic E-state index is -0.941. The first kappa shape index (κ1) is 37.2. The molecule has 1 saturated carbocycles. The van der Waals surface area contributed by atoms with E-state index in [-0.39, 0.29) is 47.5 Å². The van der Waals surface area contributed by atoms with Gasteiger partial charge in [-0.05, 0) is 118 Å². The molecule has 9 heteroatoms. The van der Waals surface area contributed by atoms with Crippen LogP contribution in [0.4, 0.5) is 4.79 Å². The molecule has 1 aromatic carbocycles. The topological polar surface area (TPSA) is 122 Å². The second-order valence-corrected chi connectivity index (χ2v) is 15.9. The standard InChI is InChI=1S/C38H61N3O6/c1-24(2)29(28(10-9-17-45-8)27-12-11-26-13-16-39-31(26)20-27)21-32(40-36(44)47-37(5,6)7)33(42)22-30(25(3)4)35(43)41-34-23-38(34)14-18-46-19-15-38/h11-13,16,20,24-25,28-30,32-34,39,42H,9-10,14-15,17-19,21-23H2,1-8H3,(H,40,44)(H,41,43)/t28?,29?,30?,32?,33?,34-/m1/s1. The first-order valence-corrected chi connectivity index (χ1v) is 17.8. The van der Waals surface area contributed by atoms with E-state index >= 15 is 0 Å². The number of hydrogen-bond acceptors (Lipinski definition) is 6. The molecule has 9 nitrogen and oxygen atoms in total.